The van der Waals surface area contributed by atoms with Gasteiger partial charge in [-0.25, -0.2) is 13.1 Å². The molecule has 0 bridgehead atoms. The summed E-state index contributed by atoms with van der Waals surface area (Å²) in [5, 5.41) is 0. The first-order valence-electron chi connectivity index (χ1n) is 4.24. The summed E-state index contributed by atoms with van der Waals surface area (Å²) in [5.74, 6) is 0. The number of nitrogens with two attached hydrogens (primary N) is 1. The van der Waals surface area contributed by atoms with Gasteiger partial charge in [-0.3, -0.25) is 0 Å². The Hall–Kier alpha value is -0.910. The molecule has 1 aromatic carbocycles. The fraction of sp³-hybridized carbons (Fsp3) is 0.333. The van der Waals surface area contributed by atoms with E-state index in [0.29, 0.717) is 13.1 Å². The van der Waals surface area contributed by atoms with Gasteiger partial charge in [-0.15, -0.1) is 0 Å². The standard InChI is InChI=1S/C9H14N2O2S/c1-14(12,13)11-7-9-4-2-3-8(5-9)6-10/h2-5,11H,6-7,10H2,1H3. The van der Waals surface area contributed by atoms with E-state index in [9.17, 15) is 8.42 Å². The first-order valence-corrected chi connectivity index (χ1v) is 6.13. The number of sulfonamides is 1. The van der Waals surface area contributed by atoms with E-state index in [2.05, 4.69) is 4.72 Å². The third kappa shape index (κ3) is 3.87. The highest BCUT2D eigenvalue weighted by Crippen LogP contribution is 2.04. The predicted molar refractivity (Wildman–Crippen MR) is 56.0 cm³/mol. The maximum absolute atomic E-state index is 10.8. The lowest BCUT2D eigenvalue weighted by Gasteiger charge is -2.04. The number of benzene rings is 1. The molecule has 0 aliphatic carbocycles. The molecule has 0 amide bonds. The SMILES string of the molecule is CS(=O)(=O)NCc1cccc(CN)c1. The normalized spacial score (nSPS) is 11.6. The zero-order valence-electron chi connectivity index (χ0n) is 8.03. The van der Waals surface area contributed by atoms with Gasteiger partial charge in [-0.05, 0) is 11.1 Å². The van der Waals surface area contributed by atoms with E-state index in [1.807, 2.05) is 24.3 Å². The Kier molecular flexibility index (Phi) is 3.62. The van der Waals surface area contributed by atoms with Gasteiger partial charge >= 0.3 is 0 Å². The van der Waals surface area contributed by atoms with Crippen LogP contribution in [0.15, 0.2) is 24.3 Å². The molecule has 0 unspecified atom stereocenters. The van der Waals surface area contributed by atoms with Crippen molar-refractivity contribution in [2.24, 2.45) is 5.73 Å². The molecule has 4 nitrogen and oxygen atoms in total. The van der Waals surface area contributed by atoms with Crippen LogP contribution in [0, 0.1) is 0 Å². The van der Waals surface area contributed by atoms with Gasteiger partial charge in [0.15, 0.2) is 0 Å². The molecule has 0 atom stereocenters. The van der Waals surface area contributed by atoms with Gasteiger partial charge in [0.2, 0.25) is 10.0 Å². The Morgan fingerprint density at radius 2 is 2.00 bits per heavy atom. The topological polar surface area (TPSA) is 72.2 Å². The van der Waals surface area contributed by atoms with Crippen molar-refractivity contribution in [1.29, 1.82) is 0 Å². The predicted octanol–water partition coefficient (Wildman–Crippen LogP) is 0.194. The molecular formula is C9H14N2O2S. The molecular weight excluding hydrogens is 200 g/mol. The molecule has 0 spiro atoms. The number of hydrogen-bond acceptors (Lipinski definition) is 3. The van der Waals surface area contributed by atoms with Crippen LogP contribution in [0.1, 0.15) is 11.1 Å². The molecule has 0 saturated carbocycles. The molecule has 0 aliphatic heterocycles. The van der Waals surface area contributed by atoms with Crippen LogP contribution in [0.25, 0.3) is 0 Å². The molecule has 0 heterocycles. The summed E-state index contributed by atoms with van der Waals surface area (Å²) < 4.78 is 24.1. The van der Waals surface area contributed by atoms with E-state index >= 15 is 0 Å². The van der Waals surface area contributed by atoms with Crippen LogP contribution in [-0.4, -0.2) is 14.7 Å². The van der Waals surface area contributed by atoms with E-state index in [4.69, 9.17) is 5.73 Å². The van der Waals surface area contributed by atoms with Gasteiger partial charge in [0, 0.05) is 13.1 Å². The Labute approximate surface area is 84.2 Å². The van der Waals surface area contributed by atoms with Crippen molar-refractivity contribution in [3.05, 3.63) is 35.4 Å². The molecule has 0 saturated heterocycles. The molecule has 0 radical (unpaired) electrons. The summed E-state index contributed by atoms with van der Waals surface area (Å²) in [6, 6.07) is 7.51. The summed E-state index contributed by atoms with van der Waals surface area (Å²) in [4.78, 5) is 0. The molecule has 5 heteroatoms. The first kappa shape index (κ1) is 11.2. The minimum absolute atomic E-state index is 0.312. The average molecular weight is 214 g/mol. The third-order valence-electron chi connectivity index (χ3n) is 1.77. The highest BCUT2D eigenvalue weighted by Gasteiger charge is 2.00. The van der Waals surface area contributed by atoms with Crippen molar-refractivity contribution in [2.45, 2.75) is 13.1 Å². The molecule has 14 heavy (non-hydrogen) atoms. The number of nitrogens with one attached hydrogen (secondary N) is 1. The second-order valence-electron chi connectivity index (χ2n) is 3.12. The summed E-state index contributed by atoms with van der Waals surface area (Å²) in [5.41, 5.74) is 7.38. The zero-order chi connectivity index (χ0) is 10.6. The quantitative estimate of drug-likeness (QED) is 0.751. The Balaban J connectivity index is 2.68. The minimum Gasteiger partial charge on any atom is -0.326 e. The van der Waals surface area contributed by atoms with Gasteiger partial charge in [-0.2, -0.15) is 0 Å². The molecule has 0 aliphatic rings. The van der Waals surface area contributed by atoms with Crippen LogP contribution >= 0.6 is 0 Å². The van der Waals surface area contributed by atoms with Gasteiger partial charge in [0.05, 0.1) is 6.26 Å². The van der Waals surface area contributed by atoms with Gasteiger partial charge in [-0.1, -0.05) is 24.3 Å². The maximum atomic E-state index is 10.8. The highest BCUT2D eigenvalue weighted by atomic mass is 32.2. The van der Waals surface area contributed by atoms with Crippen molar-refractivity contribution in [3.8, 4) is 0 Å². The van der Waals surface area contributed by atoms with Crippen LogP contribution in [0.5, 0.6) is 0 Å². The Morgan fingerprint density at radius 3 is 2.57 bits per heavy atom. The highest BCUT2D eigenvalue weighted by molar-refractivity contribution is 7.88. The monoisotopic (exact) mass is 214 g/mol. The van der Waals surface area contributed by atoms with Gasteiger partial charge < -0.3 is 5.73 Å². The molecule has 1 rings (SSSR count). The van der Waals surface area contributed by atoms with Crippen LogP contribution in [0.3, 0.4) is 0 Å². The Morgan fingerprint density at radius 1 is 1.36 bits per heavy atom. The largest absolute Gasteiger partial charge is 0.326 e. The van der Waals surface area contributed by atoms with Crippen LogP contribution < -0.4 is 10.5 Å². The van der Waals surface area contributed by atoms with Crippen molar-refractivity contribution in [1.82, 2.24) is 4.72 Å². The van der Waals surface area contributed by atoms with Gasteiger partial charge in [0.25, 0.3) is 0 Å². The zero-order valence-corrected chi connectivity index (χ0v) is 8.84. The smallest absolute Gasteiger partial charge is 0.209 e. The van der Waals surface area contributed by atoms with Gasteiger partial charge in [0.1, 0.15) is 0 Å². The second kappa shape index (κ2) is 4.54. The maximum Gasteiger partial charge on any atom is 0.209 e. The van der Waals surface area contributed by atoms with E-state index < -0.39 is 10.0 Å². The lowest BCUT2D eigenvalue weighted by molar-refractivity contribution is 0.587. The van der Waals surface area contributed by atoms with Crippen molar-refractivity contribution >= 4 is 10.0 Å². The molecule has 0 fully saturated rings. The molecule has 1 aromatic rings. The summed E-state index contributed by atoms with van der Waals surface area (Å²) in [6.07, 6.45) is 1.14. The van der Waals surface area contributed by atoms with Crippen LogP contribution in [0.2, 0.25) is 0 Å². The van der Waals surface area contributed by atoms with E-state index in [0.717, 1.165) is 17.4 Å². The van der Waals surface area contributed by atoms with Crippen molar-refractivity contribution < 1.29 is 8.42 Å². The number of rotatable bonds is 4. The number of hydrogen-bond donors (Lipinski definition) is 2. The van der Waals surface area contributed by atoms with Crippen molar-refractivity contribution in [2.75, 3.05) is 6.26 Å². The fourth-order valence-corrected chi connectivity index (χ4v) is 1.51. The fourth-order valence-electron chi connectivity index (χ4n) is 1.08. The van der Waals surface area contributed by atoms with Crippen molar-refractivity contribution in [3.63, 3.8) is 0 Å². The third-order valence-corrected chi connectivity index (χ3v) is 2.43. The molecule has 78 valence electrons. The molecule has 0 aromatic heterocycles. The molecule has 3 N–H and O–H groups in total. The minimum atomic E-state index is -3.12. The van der Waals surface area contributed by atoms with E-state index in [1.54, 1.807) is 0 Å². The lowest BCUT2D eigenvalue weighted by Crippen LogP contribution is -2.21. The summed E-state index contributed by atoms with van der Waals surface area (Å²) in [6.45, 7) is 0.777. The van der Waals surface area contributed by atoms with E-state index in [-0.39, 0.29) is 0 Å². The van der Waals surface area contributed by atoms with Crippen LogP contribution in [-0.2, 0) is 23.1 Å². The van der Waals surface area contributed by atoms with Crippen LogP contribution in [0.4, 0.5) is 0 Å². The average Bonchev–Trinajstić information content (AvgIpc) is 2.14. The Bertz CT molecular complexity index is 401. The summed E-state index contributed by atoms with van der Waals surface area (Å²) in [7, 11) is -3.12. The second-order valence-corrected chi connectivity index (χ2v) is 4.95. The van der Waals surface area contributed by atoms with E-state index in [1.165, 1.54) is 0 Å². The lowest BCUT2D eigenvalue weighted by atomic mass is 10.1. The first-order chi connectivity index (χ1) is 6.51. The summed E-state index contributed by atoms with van der Waals surface area (Å²) >= 11 is 0.